The molecule has 9 nitrogen and oxygen atoms in total. The van der Waals surface area contributed by atoms with Crippen LogP contribution in [0.5, 0.6) is 5.75 Å². The van der Waals surface area contributed by atoms with E-state index in [1.54, 1.807) is 10.4 Å². The van der Waals surface area contributed by atoms with Crippen LogP contribution in [0.1, 0.15) is 57.6 Å². The largest absolute Gasteiger partial charge is 0.492 e. The van der Waals surface area contributed by atoms with Gasteiger partial charge in [0.15, 0.2) is 10.8 Å². The molecule has 1 aliphatic rings. The fourth-order valence-corrected chi connectivity index (χ4v) is 9.00. The molecule has 0 radical (unpaired) electrons. The summed E-state index contributed by atoms with van der Waals surface area (Å²) in [5.41, 5.74) is 5.06. The molecular formula is C40H47IN4O5S2Si. The van der Waals surface area contributed by atoms with Gasteiger partial charge in [-0.3, -0.25) is 14.6 Å². The van der Waals surface area contributed by atoms with Crippen molar-refractivity contribution in [3.05, 3.63) is 103 Å². The molecule has 0 fully saturated rings. The Morgan fingerprint density at radius 3 is 2.55 bits per heavy atom. The number of carbonyl (C=O) groups is 2. The van der Waals surface area contributed by atoms with Crippen LogP contribution in [-0.2, 0) is 28.9 Å². The van der Waals surface area contributed by atoms with Gasteiger partial charge in [0.1, 0.15) is 24.7 Å². The van der Waals surface area contributed by atoms with Crippen molar-refractivity contribution in [2.45, 2.75) is 77.5 Å². The second-order valence-corrected chi connectivity index (χ2v) is 24.3. The van der Waals surface area contributed by atoms with Crippen LogP contribution in [0.2, 0.25) is 25.7 Å². The monoisotopic (exact) mass is 882 g/mol. The van der Waals surface area contributed by atoms with Crippen LogP contribution in [0, 0.1) is 3.57 Å². The molecule has 0 saturated heterocycles. The van der Waals surface area contributed by atoms with E-state index in [0.29, 0.717) is 42.6 Å². The Labute approximate surface area is 334 Å². The van der Waals surface area contributed by atoms with Crippen molar-refractivity contribution in [2.24, 2.45) is 0 Å². The molecule has 1 atom stereocenters. The van der Waals surface area contributed by atoms with Gasteiger partial charge in [0.05, 0.1) is 15.7 Å². The lowest BCUT2D eigenvalue weighted by molar-refractivity contribution is 0.00615. The van der Waals surface area contributed by atoms with Crippen LogP contribution in [0.4, 0.5) is 5.13 Å². The number of esters is 1. The van der Waals surface area contributed by atoms with E-state index in [2.05, 4.69) is 58.2 Å². The van der Waals surface area contributed by atoms with Gasteiger partial charge in [-0.25, -0.2) is 14.8 Å². The maximum Gasteiger partial charge on any atom is 0.358 e. The molecule has 13 heteroatoms. The number of hydrogen-bond acceptors (Lipinski definition) is 10. The smallest absolute Gasteiger partial charge is 0.358 e. The Morgan fingerprint density at radius 1 is 1.04 bits per heavy atom. The van der Waals surface area contributed by atoms with Crippen molar-refractivity contribution in [2.75, 3.05) is 31.4 Å². The number of aromatic nitrogens is 2. The lowest BCUT2D eigenvalue weighted by Gasteiger charge is -2.36. The molecule has 280 valence electrons. The Kier molecular flexibility index (Phi) is 12.7. The second-order valence-electron chi connectivity index (χ2n) is 15.5. The van der Waals surface area contributed by atoms with Crippen LogP contribution in [0.3, 0.4) is 0 Å². The minimum atomic E-state index is -1.33. The number of hydrogen-bond donors (Lipinski definition) is 0. The third-order valence-corrected chi connectivity index (χ3v) is 13.3. The number of nitrogens with zero attached hydrogens (tertiary/aromatic N) is 4. The Hall–Kier alpha value is -3.21. The standard InChI is InChI=1S/C40H47IN4O5S2Si/c1-40(2,3)50-38(47)36-35(51-25-42-36)22-29(24-49-30-16-14-28(41)15-17-30)44-19-18-27-10-9-11-31(32(27)23-44)37(46)45(26-48-20-21-53(4,5)6)39-43-33-12-7-8-13-34(33)52-39/h7-17,25,29H,18-24,26H2,1-6H3. The van der Waals surface area contributed by atoms with E-state index < -0.39 is 19.6 Å². The molecule has 1 amide bonds. The molecule has 0 aliphatic carbocycles. The number of anilines is 1. The van der Waals surface area contributed by atoms with Gasteiger partial charge in [0, 0.05) is 54.2 Å². The number of benzene rings is 3. The van der Waals surface area contributed by atoms with Crippen molar-refractivity contribution < 1.29 is 23.8 Å². The predicted octanol–water partition coefficient (Wildman–Crippen LogP) is 9.32. The second kappa shape index (κ2) is 17.1. The molecule has 3 aromatic carbocycles. The van der Waals surface area contributed by atoms with E-state index >= 15 is 0 Å². The summed E-state index contributed by atoms with van der Waals surface area (Å²) in [5, 5.41) is 0.623. The number of halogens is 1. The number of thiazole rings is 2. The number of amides is 1. The first kappa shape index (κ1) is 39.5. The summed E-state index contributed by atoms with van der Waals surface area (Å²) in [7, 11) is -1.33. The number of para-hydroxylation sites is 1. The van der Waals surface area contributed by atoms with Crippen molar-refractivity contribution in [3.63, 3.8) is 0 Å². The Morgan fingerprint density at radius 2 is 1.81 bits per heavy atom. The third kappa shape index (κ3) is 10.5. The normalized spacial score (nSPS) is 14.2. The van der Waals surface area contributed by atoms with Gasteiger partial charge in [-0.1, -0.05) is 55.2 Å². The summed E-state index contributed by atoms with van der Waals surface area (Å²) in [4.78, 5) is 42.1. The number of rotatable bonds is 14. The molecule has 5 aromatic rings. The first-order chi connectivity index (χ1) is 25.2. The molecule has 2 aromatic heterocycles. The molecule has 53 heavy (non-hydrogen) atoms. The fourth-order valence-electron chi connectivity index (χ4n) is 6.11. The van der Waals surface area contributed by atoms with E-state index in [1.807, 2.05) is 81.4 Å². The Bertz CT molecular complexity index is 2010. The molecule has 0 saturated carbocycles. The third-order valence-electron chi connectivity index (χ3n) is 8.94. The summed E-state index contributed by atoms with van der Waals surface area (Å²) in [6.45, 7) is 15.0. The number of ether oxygens (including phenoxy) is 3. The van der Waals surface area contributed by atoms with Crippen molar-refractivity contribution in [1.29, 1.82) is 0 Å². The van der Waals surface area contributed by atoms with Gasteiger partial charge in [-0.05, 0) is 109 Å². The molecule has 0 bridgehead atoms. The summed E-state index contributed by atoms with van der Waals surface area (Å²) < 4.78 is 20.5. The van der Waals surface area contributed by atoms with Crippen LogP contribution >= 0.6 is 45.3 Å². The van der Waals surface area contributed by atoms with E-state index in [0.717, 1.165) is 54.6 Å². The highest BCUT2D eigenvalue weighted by Crippen LogP contribution is 2.33. The highest BCUT2D eigenvalue weighted by Gasteiger charge is 2.32. The van der Waals surface area contributed by atoms with Crippen molar-refractivity contribution >= 4 is 80.6 Å². The first-order valence-corrected chi connectivity index (χ1v) is 24.4. The van der Waals surface area contributed by atoms with Gasteiger partial charge >= 0.3 is 5.97 Å². The average Bonchev–Trinajstić information content (AvgIpc) is 3.76. The molecule has 6 rings (SSSR count). The molecule has 1 aliphatic heterocycles. The summed E-state index contributed by atoms with van der Waals surface area (Å²) in [6.07, 6.45) is 1.31. The molecule has 0 spiro atoms. The maximum absolute atomic E-state index is 14.7. The molecular weight excluding hydrogens is 836 g/mol. The summed E-state index contributed by atoms with van der Waals surface area (Å²) in [5.74, 6) is 0.225. The molecule has 3 heterocycles. The minimum absolute atomic E-state index is 0.113. The number of carbonyl (C=O) groups excluding carboxylic acids is 2. The lowest BCUT2D eigenvalue weighted by Crippen LogP contribution is -2.45. The van der Waals surface area contributed by atoms with Crippen molar-refractivity contribution in [1.82, 2.24) is 14.9 Å². The fraction of sp³-hybridized carbons (Fsp3) is 0.400. The van der Waals surface area contributed by atoms with E-state index in [1.165, 1.54) is 22.7 Å². The quantitative estimate of drug-likeness (QED) is 0.0359. The van der Waals surface area contributed by atoms with Crippen molar-refractivity contribution in [3.8, 4) is 5.75 Å². The Balaban J connectivity index is 1.29. The molecule has 0 N–H and O–H groups in total. The average molecular weight is 883 g/mol. The topological polar surface area (TPSA) is 94.1 Å². The molecule has 1 unspecified atom stereocenters. The van der Waals surface area contributed by atoms with Crippen LogP contribution in [0.15, 0.2) is 72.2 Å². The zero-order valence-electron chi connectivity index (χ0n) is 31.2. The highest BCUT2D eigenvalue weighted by molar-refractivity contribution is 14.1. The predicted molar refractivity (Wildman–Crippen MR) is 225 cm³/mol. The van der Waals surface area contributed by atoms with Crippen LogP contribution in [0.25, 0.3) is 10.2 Å². The van der Waals surface area contributed by atoms with E-state index in [9.17, 15) is 9.59 Å². The zero-order valence-corrected chi connectivity index (χ0v) is 36.0. The minimum Gasteiger partial charge on any atom is -0.492 e. The van der Waals surface area contributed by atoms with Crippen LogP contribution in [-0.4, -0.2) is 73.0 Å². The maximum atomic E-state index is 14.7. The SMILES string of the molecule is CC(C)(C)OC(=O)c1ncsc1CC(COc1ccc(I)cc1)N1CCc2cccc(C(=O)N(COCC[Si](C)(C)C)c3nc4ccccc4s3)c2C1. The van der Waals surface area contributed by atoms with Gasteiger partial charge < -0.3 is 14.2 Å². The first-order valence-electron chi connectivity index (χ1n) is 17.9. The zero-order chi connectivity index (χ0) is 37.8. The van der Waals surface area contributed by atoms with E-state index in [-0.39, 0.29) is 18.7 Å². The highest BCUT2D eigenvalue weighted by atomic mass is 127. The van der Waals surface area contributed by atoms with Gasteiger partial charge in [-0.15, -0.1) is 11.3 Å². The summed E-state index contributed by atoms with van der Waals surface area (Å²) >= 11 is 5.24. The van der Waals surface area contributed by atoms with Crippen LogP contribution < -0.4 is 9.64 Å². The summed E-state index contributed by atoms with van der Waals surface area (Å²) in [6, 6.07) is 22.9. The number of fused-ring (bicyclic) bond motifs is 2. The van der Waals surface area contributed by atoms with Gasteiger partial charge in [0.2, 0.25) is 0 Å². The van der Waals surface area contributed by atoms with Gasteiger partial charge in [-0.2, -0.15) is 0 Å². The van der Waals surface area contributed by atoms with E-state index in [4.69, 9.17) is 19.2 Å². The van der Waals surface area contributed by atoms with Gasteiger partial charge in [0.25, 0.3) is 5.91 Å². The lowest BCUT2D eigenvalue weighted by atomic mass is 9.93.